The van der Waals surface area contributed by atoms with Crippen LogP contribution in [-0.2, 0) is 10.0 Å². The molecule has 0 aliphatic heterocycles. The van der Waals surface area contributed by atoms with Crippen LogP contribution in [0.15, 0.2) is 29.2 Å². The van der Waals surface area contributed by atoms with E-state index in [2.05, 4.69) is 0 Å². The molecule has 0 saturated carbocycles. The molecule has 0 spiro atoms. The first-order valence-corrected chi connectivity index (χ1v) is 7.01. The second-order valence-corrected chi connectivity index (χ2v) is 5.66. The molecule has 0 atom stereocenters. The number of benzene rings is 1. The molecule has 2 N–H and O–H groups in total. The van der Waals surface area contributed by atoms with E-state index in [4.69, 9.17) is 5.14 Å². The third-order valence-corrected chi connectivity index (χ3v) is 3.47. The number of carbonyl (C=O) groups excluding carboxylic acids is 1. The third kappa shape index (κ3) is 4.49. The highest BCUT2D eigenvalue weighted by Gasteiger charge is 2.29. The van der Waals surface area contributed by atoms with Gasteiger partial charge in [0, 0.05) is 13.6 Å². The number of halogens is 3. The van der Waals surface area contributed by atoms with Gasteiger partial charge in [-0.1, -0.05) is 12.1 Å². The van der Waals surface area contributed by atoms with Crippen molar-refractivity contribution in [2.24, 2.45) is 5.14 Å². The van der Waals surface area contributed by atoms with E-state index in [9.17, 15) is 26.4 Å². The van der Waals surface area contributed by atoms with Gasteiger partial charge in [0.1, 0.15) is 0 Å². The maximum atomic E-state index is 12.1. The first kappa shape index (κ1) is 16.4. The van der Waals surface area contributed by atoms with E-state index in [1.54, 1.807) is 0 Å². The van der Waals surface area contributed by atoms with E-state index in [0.29, 0.717) is 0 Å². The highest BCUT2D eigenvalue weighted by molar-refractivity contribution is 7.89. The molecule has 112 valence electrons. The summed E-state index contributed by atoms with van der Waals surface area (Å²) < 4.78 is 58.9. The zero-order valence-electron chi connectivity index (χ0n) is 10.5. The maximum absolute atomic E-state index is 12.1. The van der Waals surface area contributed by atoms with Crippen LogP contribution in [0.5, 0.6) is 0 Å². The van der Waals surface area contributed by atoms with Crippen LogP contribution in [0.3, 0.4) is 0 Å². The minimum Gasteiger partial charge on any atom is -0.341 e. The molecular formula is C11H13F3N2O3S. The molecule has 0 bridgehead atoms. The SMILES string of the molecule is CN(CCC(F)(F)F)C(=O)c1ccccc1S(N)(=O)=O. The lowest BCUT2D eigenvalue weighted by atomic mass is 10.2. The van der Waals surface area contributed by atoms with Gasteiger partial charge in [-0.2, -0.15) is 13.2 Å². The van der Waals surface area contributed by atoms with Gasteiger partial charge < -0.3 is 4.90 Å². The number of nitrogens with zero attached hydrogens (tertiary/aromatic N) is 1. The van der Waals surface area contributed by atoms with Gasteiger partial charge in [0.05, 0.1) is 16.9 Å². The van der Waals surface area contributed by atoms with Crippen LogP contribution in [0, 0.1) is 0 Å². The molecule has 0 saturated heterocycles. The predicted molar refractivity (Wildman–Crippen MR) is 65.4 cm³/mol. The lowest BCUT2D eigenvalue weighted by Crippen LogP contribution is -2.32. The average Bonchev–Trinajstić information content (AvgIpc) is 2.33. The molecule has 5 nitrogen and oxygen atoms in total. The summed E-state index contributed by atoms with van der Waals surface area (Å²) in [5.41, 5.74) is -0.250. The number of sulfonamides is 1. The highest BCUT2D eigenvalue weighted by atomic mass is 32.2. The lowest BCUT2D eigenvalue weighted by molar-refractivity contribution is -0.136. The summed E-state index contributed by atoms with van der Waals surface area (Å²) in [5, 5.41) is 4.96. The van der Waals surface area contributed by atoms with E-state index in [0.717, 1.165) is 18.0 Å². The van der Waals surface area contributed by atoms with Crippen molar-refractivity contribution >= 4 is 15.9 Å². The minimum absolute atomic E-state index is 0.250. The van der Waals surface area contributed by atoms with Crippen LogP contribution >= 0.6 is 0 Å². The number of primary sulfonamides is 1. The third-order valence-electron chi connectivity index (χ3n) is 2.50. The Bertz CT molecular complexity index is 599. The Kier molecular flexibility index (Phi) is 4.77. The molecule has 0 radical (unpaired) electrons. The van der Waals surface area contributed by atoms with Crippen molar-refractivity contribution in [1.29, 1.82) is 0 Å². The largest absolute Gasteiger partial charge is 0.390 e. The van der Waals surface area contributed by atoms with Crippen molar-refractivity contribution in [1.82, 2.24) is 4.90 Å². The second-order valence-electron chi connectivity index (χ2n) is 4.13. The van der Waals surface area contributed by atoms with E-state index in [1.807, 2.05) is 0 Å². The Morgan fingerprint density at radius 2 is 1.85 bits per heavy atom. The number of alkyl halides is 3. The van der Waals surface area contributed by atoms with Crippen molar-refractivity contribution < 1.29 is 26.4 Å². The van der Waals surface area contributed by atoms with Gasteiger partial charge in [0.15, 0.2) is 0 Å². The summed E-state index contributed by atoms with van der Waals surface area (Å²) in [6, 6.07) is 5.10. The van der Waals surface area contributed by atoms with Crippen molar-refractivity contribution in [3.05, 3.63) is 29.8 Å². The van der Waals surface area contributed by atoms with Gasteiger partial charge in [0.25, 0.3) is 5.91 Å². The molecule has 1 amide bonds. The summed E-state index contributed by atoms with van der Waals surface area (Å²) >= 11 is 0. The van der Waals surface area contributed by atoms with Gasteiger partial charge in [-0.25, -0.2) is 13.6 Å². The van der Waals surface area contributed by atoms with Crippen LogP contribution in [0.1, 0.15) is 16.8 Å². The number of nitrogens with two attached hydrogens (primary N) is 1. The standard InChI is InChI=1S/C11H13F3N2O3S/c1-16(7-6-11(12,13)14)10(17)8-4-2-3-5-9(8)20(15,18)19/h2-5H,6-7H2,1H3,(H2,15,18,19). The summed E-state index contributed by atoms with van der Waals surface area (Å²) in [6.45, 7) is -0.568. The van der Waals surface area contributed by atoms with Crippen molar-refractivity contribution in [3.63, 3.8) is 0 Å². The van der Waals surface area contributed by atoms with Crippen molar-refractivity contribution in [2.75, 3.05) is 13.6 Å². The Labute approximate surface area is 114 Å². The maximum Gasteiger partial charge on any atom is 0.390 e. The van der Waals surface area contributed by atoms with E-state index < -0.39 is 40.0 Å². The molecule has 0 unspecified atom stereocenters. The fraction of sp³-hybridized carbons (Fsp3) is 0.364. The smallest absolute Gasteiger partial charge is 0.341 e. The number of rotatable bonds is 4. The first-order chi connectivity index (χ1) is 9.02. The topological polar surface area (TPSA) is 80.5 Å². The molecular weight excluding hydrogens is 297 g/mol. The summed E-state index contributed by atoms with van der Waals surface area (Å²) in [4.78, 5) is 12.4. The van der Waals surface area contributed by atoms with Crippen LogP contribution < -0.4 is 5.14 Å². The Morgan fingerprint density at radius 3 is 2.35 bits per heavy atom. The molecule has 0 fully saturated rings. The van der Waals surface area contributed by atoms with Gasteiger partial charge in [-0.05, 0) is 12.1 Å². The molecule has 0 aliphatic carbocycles. The molecule has 9 heteroatoms. The van der Waals surface area contributed by atoms with E-state index in [1.165, 1.54) is 18.2 Å². The Hall–Kier alpha value is -1.61. The molecule has 0 heterocycles. The van der Waals surface area contributed by atoms with Crippen molar-refractivity contribution in [3.8, 4) is 0 Å². The molecule has 1 aromatic carbocycles. The fourth-order valence-corrected chi connectivity index (χ4v) is 2.22. The zero-order chi connectivity index (χ0) is 15.6. The predicted octanol–water partition coefficient (Wildman–Crippen LogP) is 1.36. The number of hydrogen-bond donors (Lipinski definition) is 1. The van der Waals surface area contributed by atoms with Gasteiger partial charge in [-0.15, -0.1) is 0 Å². The Balaban J connectivity index is 2.99. The monoisotopic (exact) mass is 310 g/mol. The second kappa shape index (κ2) is 5.80. The van der Waals surface area contributed by atoms with Crippen LogP contribution in [0.25, 0.3) is 0 Å². The minimum atomic E-state index is -4.39. The first-order valence-electron chi connectivity index (χ1n) is 5.46. The normalized spacial score (nSPS) is 12.2. The van der Waals surface area contributed by atoms with Gasteiger partial charge in [-0.3, -0.25) is 4.79 Å². The van der Waals surface area contributed by atoms with E-state index in [-0.39, 0.29) is 5.56 Å². The van der Waals surface area contributed by atoms with E-state index >= 15 is 0 Å². The molecule has 1 rings (SSSR count). The molecule has 0 aliphatic rings. The Morgan fingerprint density at radius 1 is 1.30 bits per heavy atom. The highest BCUT2D eigenvalue weighted by Crippen LogP contribution is 2.21. The molecule has 0 aromatic heterocycles. The van der Waals surface area contributed by atoms with Crippen LogP contribution in [-0.4, -0.2) is 39.0 Å². The number of hydrogen-bond acceptors (Lipinski definition) is 3. The summed E-state index contributed by atoms with van der Waals surface area (Å²) in [5.74, 6) is -0.834. The number of amides is 1. The van der Waals surface area contributed by atoms with Crippen LogP contribution in [0.4, 0.5) is 13.2 Å². The lowest BCUT2D eigenvalue weighted by Gasteiger charge is -2.19. The van der Waals surface area contributed by atoms with Crippen LogP contribution in [0.2, 0.25) is 0 Å². The number of carbonyl (C=O) groups is 1. The average molecular weight is 310 g/mol. The van der Waals surface area contributed by atoms with Gasteiger partial charge in [0.2, 0.25) is 10.0 Å². The molecule has 1 aromatic rings. The fourth-order valence-electron chi connectivity index (χ4n) is 1.49. The van der Waals surface area contributed by atoms with Crippen molar-refractivity contribution in [2.45, 2.75) is 17.5 Å². The summed E-state index contributed by atoms with van der Waals surface area (Å²) in [6.07, 6.45) is -5.57. The zero-order valence-corrected chi connectivity index (χ0v) is 11.3. The van der Waals surface area contributed by atoms with Gasteiger partial charge >= 0.3 is 6.18 Å². The quantitative estimate of drug-likeness (QED) is 0.911. The summed E-state index contributed by atoms with van der Waals surface area (Å²) in [7, 11) is -2.96. The molecule has 20 heavy (non-hydrogen) atoms.